The minimum absolute atomic E-state index is 0.160. The normalized spacial score (nSPS) is 24.3. The van der Waals surface area contributed by atoms with Crippen molar-refractivity contribution in [2.45, 2.75) is 84.2 Å². The van der Waals surface area contributed by atoms with Crippen LogP contribution in [0.4, 0.5) is 4.79 Å². The van der Waals surface area contributed by atoms with E-state index >= 15 is 0 Å². The first-order valence-corrected chi connectivity index (χ1v) is 9.57. The lowest BCUT2D eigenvalue weighted by Gasteiger charge is -2.32. The van der Waals surface area contributed by atoms with Crippen molar-refractivity contribution in [3.63, 3.8) is 0 Å². The maximum atomic E-state index is 12.5. The summed E-state index contributed by atoms with van der Waals surface area (Å²) in [6, 6.07) is -0.160. The first-order valence-electron chi connectivity index (χ1n) is 9.57. The fourth-order valence-electron chi connectivity index (χ4n) is 3.20. The zero-order valence-electron chi connectivity index (χ0n) is 17.4. The van der Waals surface area contributed by atoms with Crippen LogP contribution in [0.5, 0.6) is 0 Å². The summed E-state index contributed by atoms with van der Waals surface area (Å²) >= 11 is 0. The van der Waals surface area contributed by atoms with Crippen molar-refractivity contribution in [3.8, 4) is 0 Å². The van der Waals surface area contributed by atoms with E-state index in [0.29, 0.717) is 12.4 Å². The van der Waals surface area contributed by atoms with Gasteiger partial charge in [0, 0.05) is 24.4 Å². The first-order chi connectivity index (χ1) is 12.4. The lowest BCUT2D eigenvalue weighted by molar-refractivity contribution is 0.00578. The number of aromatic nitrogens is 2. The highest BCUT2D eigenvalue weighted by molar-refractivity contribution is 6.61. The third-order valence-electron chi connectivity index (χ3n) is 5.40. The zero-order chi connectivity index (χ0) is 20.0. The summed E-state index contributed by atoms with van der Waals surface area (Å²) in [5.74, 6) is 0.624. The Bertz CT molecular complexity index is 684. The summed E-state index contributed by atoms with van der Waals surface area (Å²) in [6.45, 7) is 14.3. The zero-order valence-corrected chi connectivity index (χ0v) is 17.4. The first kappa shape index (κ1) is 20.1. The number of hydrogen-bond acceptors (Lipinski definition) is 6. The molecule has 0 spiro atoms. The molecule has 0 saturated carbocycles. The molecule has 1 unspecified atom stereocenters. The standard InChI is InChI=1S/C19H30BN3O4/c1-17(2,3)25-16(24)23-10-8-9-14(23)15-21-11-13(12-22-15)20-26-18(4,5)19(6,7)27-20/h11-12,14H,8-10H2,1-7H3. The fourth-order valence-corrected chi connectivity index (χ4v) is 3.20. The van der Waals surface area contributed by atoms with Crippen molar-refractivity contribution in [3.05, 3.63) is 18.2 Å². The van der Waals surface area contributed by atoms with Gasteiger partial charge in [0.25, 0.3) is 0 Å². The molecule has 2 aliphatic heterocycles. The van der Waals surface area contributed by atoms with E-state index in [1.165, 1.54) is 0 Å². The largest absolute Gasteiger partial charge is 0.498 e. The molecule has 1 amide bonds. The molecule has 1 atom stereocenters. The second kappa shape index (κ2) is 6.74. The summed E-state index contributed by atoms with van der Waals surface area (Å²) in [4.78, 5) is 23.2. The average molecular weight is 375 g/mol. The molecule has 3 heterocycles. The molecule has 0 aliphatic carbocycles. The van der Waals surface area contributed by atoms with E-state index in [-0.39, 0.29) is 12.1 Å². The maximum Gasteiger partial charge on any atom is 0.498 e. The van der Waals surface area contributed by atoms with E-state index < -0.39 is 23.9 Å². The highest BCUT2D eigenvalue weighted by Gasteiger charge is 2.52. The van der Waals surface area contributed by atoms with Crippen LogP contribution in [0.15, 0.2) is 12.4 Å². The highest BCUT2D eigenvalue weighted by Crippen LogP contribution is 2.36. The summed E-state index contributed by atoms with van der Waals surface area (Å²) in [5.41, 5.74) is -0.560. The van der Waals surface area contributed by atoms with E-state index in [1.807, 2.05) is 48.5 Å². The molecule has 27 heavy (non-hydrogen) atoms. The van der Waals surface area contributed by atoms with Gasteiger partial charge in [-0.25, -0.2) is 14.8 Å². The number of amides is 1. The molecule has 0 aromatic carbocycles. The second-order valence-corrected chi connectivity index (χ2v) is 9.29. The van der Waals surface area contributed by atoms with Crippen molar-refractivity contribution in [2.75, 3.05) is 6.54 Å². The van der Waals surface area contributed by atoms with Crippen LogP contribution in [0.1, 0.15) is 73.2 Å². The summed E-state index contributed by atoms with van der Waals surface area (Å²) in [7, 11) is -0.491. The molecular formula is C19H30BN3O4. The molecule has 2 saturated heterocycles. The summed E-state index contributed by atoms with van der Waals surface area (Å²) in [6.07, 6.45) is 4.89. The predicted octanol–water partition coefficient (Wildman–Crippen LogP) is 2.85. The number of ether oxygens (including phenoxy) is 1. The molecule has 3 rings (SSSR count). The Labute approximate surface area is 161 Å². The van der Waals surface area contributed by atoms with Gasteiger partial charge in [-0.3, -0.25) is 4.90 Å². The molecule has 7 nitrogen and oxygen atoms in total. The van der Waals surface area contributed by atoms with Gasteiger partial charge in [-0.15, -0.1) is 0 Å². The topological polar surface area (TPSA) is 73.8 Å². The SMILES string of the molecule is CC(C)(C)OC(=O)N1CCCC1c1ncc(B2OC(C)(C)C(C)(C)O2)cn1. The van der Waals surface area contributed by atoms with E-state index in [2.05, 4.69) is 9.97 Å². The molecule has 0 radical (unpaired) electrons. The van der Waals surface area contributed by atoms with Gasteiger partial charge in [0.15, 0.2) is 5.82 Å². The minimum Gasteiger partial charge on any atom is -0.444 e. The van der Waals surface area contributed by atoms with Gasteiger partial charge in [0.2, 0.25) is 0 Å². The summed E-state index contributed by atoms with van der Waals surface area (Å²) in [5, 5.41) is 0. The minimum atomic E-state index is -0.522. The van der Waals surface area contributed by atoms with Crippen LogP contribution < -0.4 is 5.46 Å². The van der Waals surface area contributed by atoms with E-state index in [4.69, 9.17) is 14.0 Å². The lowest BCUT2D eigenvalue weighted by atomic mass is 9.81. The van der Waals surface area contributed by atoms with Crippen molar-refractivity contribution >= 4 is 18.7 Å². The number of likely N-dealkylation sites (tertiary alicyclic amines) is 1. The Balaban J connectivity index is 1.73. The molecule has 2 aliphatic rings. The number of nitrogens with zero attached hydrogens (tertiary/aromatic N) is 3. The highest BCUT2D eigenvalue weighted by atomic mass is 16.7. The third kappa shape index (κ3) is 4.11. The molecule has 0 bridgehead atoms. The molecule has 0 N–H and O–H groups in total. The molecular weight excluding hydrogens is 345 g/mol. The van der Waals surface area contributed by atoms with Gasteiger partial charge < -0.3 is 14.0 Å². The van der Waals surface area contributed by atoms with E-state index in [1.54, 1.807) is 17.3 Å². The quantitative estimate of drug-likeness (QED) is 0.740. The van der Waals surface area contributed by atoms with Crippen LogP contribution in [0.3, 0.4) is 0 Å². The van der Waals surface area contributed by atoms with Crippen molar-refractivity contribution < 1.29 is 18.8 Å². The van der Waals surface area contributed by atoms with Crippen LogP contribution in [0.2, 0.25) is 0 Å². The van der Waals surface area contributed by atoms with Gasteiger partial charge in [0.05, 0.1) is 17.2 Å². The van der Waals surface area contributed by atoms with Gasteiger partial charge >= 0.3 is 13.2 Å². The van der Waals surface area contributed by atoms with Crippen LogP contribution in [0, 0.1) is 0 Å². The van der Waals surface area contributed by atoms with Crippen LogP contribution >= 0.6 is 0 Å². The van der Waals surface area contributed by atoms with Crippen molar-refractivity contribution in [1.29, 1.82) is 0 Å². The average Bonchev–Trinajstić information content (AvgIpc) is 3.09. The second-order valence-electron chi connectivity index (χ2n) is 9.29. The molecule has 1 aromatic heterocycles. The number of carbonyl (C=O) groups excluding carboxylic acids is 1. The van der Waals surface area contributed by atoms with Gasteiger partial charge in [-0.1, -0.05) is 0 Å². The predicted molar refractivity (Wildman–Crippen MR) is 103 cm³/mol. The Morgan fingerprint density at radius 1 is 1.19 bits per heavy atom. The Hall–Kier alpha value is -1.67. The van der Waals surface area contributed by atoms with Gasteiger partial charge in [0.1, 0.15) is 5.60 Å². The monoisotopic (exact) mass is 375 g/mol. The number of rotatable bonds is 2. The molecule has 8 heteroatoms. The number of carbonyl (C=O) groups is 1. The molecule has 1 aromatic rings. The van der Waals surface area contributed by atoms with Crippen molar-refractivity contribution in [2.24, 2.45) is 0 Å². The van der Waals surface area contributed by atoms with E-state index in [9.17, 15) is 4.79 Å². The van der Waals surface area contributed by atoms with Gasteiger partial charge in [-0.2, -0.15) is 0 Å². The smallest absolute Gasteiger partial charge is 0.444 e. The van der Waals surface area contributed by atoms with Crippen LogP contribution in [-0.2, 0) is 14.0 Å². The van der Waals surface area contributed by atoms with Crippen LogP contribution in [-0.4, -0.2) is 51.4 Å². The number of hydrogen-bond donors (Lipinski definition) is 0. The fraction of sp³-hybridized carbons (Fsp3) is 0.737. The van der Waals surface area contributed by atoms with Gasteiger partial charge in [-0.05, 0) is 61.3 Å². The lowest BCUT2D eigenvalue weighted by Crippen LogP contribution is -2.41. The Morgan fingerprint density at radius 2 is 1.74 bits per heavy atom. The molecule has 2 fully saturated rings. The Kier molecular flexibility index (Phi) is 5.01. The maximum absolute atomic E-state index is 12.5. The van der Waals surface area contributed by atoms with Crippen LogP contribution in [0.25, 0.3) is 0 Å². The third-order valence-corrected chi connectivity index (χ3v) is 5.40. The summed E-state index contributed by atoms with van der Waals surface area (Å²) < 4.78 is 17.6. The van der Waals surface area contributed by atoms with E-state index in [0.717, 1.165) is 18.3 Å². The van der Waals surface area contributed by atoms with Crippen molar-refractivity contribution in [1.82, 2.24) is 14.9 Å². The Morgan fingerprint density at radius 3 is 2.26 bits per heavy atom. The molecule has 148 valence electrons.